The van der Waals surface area contributed by atoms with Crippen LogP contribution in [-0.2, 0) is 27.4 Å². The molecule has 0 bridgehead atoms. The summed E-state index contributed by atoms with van der Waals surface area (Å²) in [4.78, 5) is 16.9. The SMILES string of the molecule is CN(C)CCOC[C@H]1CN(C(=O)[C@@H]2CCOC2)Cc2ccnn2C1. The zero-order valence-electron chi connectivity index (χ0n) is 14.7. The van der Waals surface area contributed by atoms with Gasteiger partial charge in [-0.2, -0.15) is 5.10 Å². The standard InChI is InChI=1S/C17H28N4O3/c1-19(2)6-8-24-12-14-9-20(17(22)15-4-7-23-13-15)11-16-3-5-18-21(16)10-14/h3,5,14-15H,4,6-13H2,1-2H3/t14-,15+/m0/s1. The van der Waals surface area contributed by atoms with Crippen LogP contribution in [0.15, 0.2) is 12.3 Å². The Morgan fingerprint density at radius 3 is 3.08 bits per heavy atom. The highest BCUT2D eigenvalue weighted by Gasteiger charge is 2.32. The van der Waals surface area contributed by atoms with Crippen LogP contribution < -0.4 is 0 Å². The maximum Gasteiger partial charge on any atom is 0.228 e. The van der Waals surface area contributed by atoms with Gasteiger partial charge in [-0.25, -0.2) is 0 Å². The summed E-state index contributed by atoms with van der Waals surface area (Å²) in [7, 11) is 4.07. The van der Waals surface area contributed by atoms with Crippen LogP contribution in [0.2, 0.25) is 0 Å². The number of hydrogen-bond donors (Lipinski definition) is 0. The highest BCUT2D eigenvalue weighted by Crippen LogP contribution is 2.21. The van der Waals surface area contributed by atoms with Crippen molar-refractivity contribution in [1.82, 2.24) is 19.6 Å². The Labute approximate surface area is 143 Å². The summed E-state index contributed by atoms with van der Waals surface area (Å²) in [6.45, 7) is 5.66. The number of hydrogen-bond acceptors (Lipinski definition) is 5. The second-order valence-corrected chi connectivity index (χ2v) is 7.03. The molecule has 0 unspecified atom stereocenters. The zero-order valence-corrected chi connectivity index (χ0v) is 14.7. The van der Waals surface area contributed by atoms with Gasteiger partial charge in [0.05, 0.1) is 38.0 Å². The van der Waals surface area contributed by atoms with E-state index in [4.69, 9.17) is 9.47 Å². The maximum atomic E-state index is 12.8. The van der Waals surface area contributed by atoms with Crippen LogP contribution in [0.3, 0.4) is 0 Å². The Morgan fingerprint density at radius 2 is 2.33 bits per heavy atom. The largest absolute Gasteiger partial charge is 0.381 e. The second-order valence-electron chi connectivity index (χ2n) is 7.03. The van der Waals surface area contributed by atoms with E-state index in [9.17, 15) is 4.79 Å². The van der Waals surface area contributed by atoms with Crippen molar-refractivity contribution in [3.05, 3.63) is 18.0 Å². The maximum absolute atomic E-state index is 12.8. The number of fused-ring (bicyclic) bond motifs is 1. The molecule has 134 valence electrons. The number of carbonyl (C=O) groups excluding carboxylic acids is 1. The molecule has 3 rings (SSSR count). The molecule has 0 aliphatic carbocycles. The number of ether oxygens (including phenoxy) is 2. The molecule has 2 aliphatic rings. The zero-order chi connectivity index (χ0) is 16.9. The molecule has 0 saturated carbocycles. The van der Waals surface area contributed by atoms with Gasteiger partial charge in [0.2, 0.25) is 5.91 Å². The minimum absolute atomic E-state index is 0.00906. The first-order valence-corrected chi connectivity index (χ1v) is 8.73. The van der Waals surface area contributed by atoms with Crippen LogP contribution in [0.1, 0.15) is 12.1 Å². The van der Waals surface area contributed by atoms with Gasteiger partial charge in [0, 0.05) is 38.4 Å². The third-order valence-electron chi connectivity index (χ3n) is 4.69. The van der Waals surface area contributed by atoms with Crippen molar-refractivity contribution in [1.29, 1.82) is 0 Å². The van der Waals surface area contributed by atoms with E-state index < -0.39 is 0 Å². The van der Waals surface area contributed by atoms with Crippen LogP contribution in [0.5, 0.6) is 0 Å². The van der Waals surface area contributed by atoms with E-state index >= 15 is 0 Å². The van der Waals surface area contributed by atoms with Crippen molar-refractivity contribution in [2.75, 3.05) is 53.6 Å². The highest BCUT2D eigenvalue weighted by molar-refractivity contribution is 5.79. The minimum Gasteiger partial charge on any atom is -0.381 e. The van der Waals surface area contributed by atoms with Crippen LogP contribution in [0, 0.1) is 11.8 Å². The summed E-state index contributed by atoms with van der Waals surface area (Å²) in [6.07, 6.45) is 2.64. The molecule has 3 heterocycles. The molecule has 7 nitrogen and oxygen atoms in total. The number of aromatic nitrogens is 2. The fourth-order valence-corrected chi connectivity index (χ4v) is 3.29. The molecule has 1 saturated heterocycles. The third-order valence-corrected chi connectivity index (χ3v) is 4.69. The number of rotatable bonds is 6. The first-order valence-electron chi connectivity index (χ1n) is 8.73. The molecule has 1 aromatic heterocycles. The average Bonchev–Trinajstić information content (AvgIpc) is 3.19. The topological polar surface area (TPSA) is 59.8 Å². The normalized spacial score (nSPS) is 24.2. The fourth-order valence-electron chi connectivity index (χ4n) is 3.29. The van der Waals surface area contributed by atoms with E-state index in [2.05, 4.69) is 10.00 Å². The molecule has 0 N–H and O–H groups in total. The molecule has 0 spiro atoms. The van der Waals surface area contributed by atoms with Gasteiger partial charge in [0.15, 0.2) is 0 Å². The lowest BCUT2D eigenvalue weighted by molar-refractivity contribution is -0.137. The molecular formula is C17H28N4O3. The molecule has 0 radical (unpaired) electrons. The molecule has 24 heavy (non-hydrogen) atoms. The Bertz CT molecular complexity index is 540. The lowest BCUT2D eigenvalue weighted by Crippen LogP contribution is -2.39. The van der Waals surface area contributed by atoms with Crippen LogP contribution in [0.4, 0.5) is 0 Å². The summed E-state index contributed by atoms with van der Waals surface area (Å²) in [6, 6.07) is 2.00. The third kappa shape index (κ3) is 4.34. The quantitative estimate of drug-likeness (QED) is 0.706. The van der Waals surface area contributed by atoms with Gasteiger partial charge in [-0.15, -0.1) is 0 Å². The molecule has 0 aromatic carbocycles. The predicted octanol–water partition coefficient (Wildman–Crippen LogP) is 0.456. The van der Waals surface area contributed by atoms with Gasteiger partial charge in [0.1, 0.15) is 0 Å². The Morgan fingerprint density at radius 1 is 1.46 bits per heavy atom. The molecule has 1 amide bonds. The predicted molar refractivity (Wildman–Crippen MR) is 89.4 cm³/mol. The van der Waals surface area contributed by atoms with Gasteiger partial charge in [-0.3, -0.25) is 9.48 Å². The second kappa shape index (κ2) is 8.09. The Kier molecular flexibility index (Phi) is 5.86. The lowest BCUT2D eigenvalue weighted by atomic mass is 10.1. The van der Waals surface area contributed by atoms with Gasteiger partial charge in [-0.05, 0) is 26.6 Å². The Hall–Kier alpha value is -1.44. The van der Waals surface area contributed by atoms with E-state index in [0.717, 1.165) is 31.7 Å². The Balaban J connectivity index is 1.63. The lowest BCUT2D eigenvalue weighted by Gasteiger charge is -2.26. The van der Waals surface area contributed by atoms with Gasteiger partial charge in [-0.1, -0.05) is 0 Å². The molecule has 2 atom stereocenters. The van der Waals surface area contributed by atoms with Crippen molar-refractivity contribution in [3.8, 4) is 0 Å². The monoisotopic (exact) mass is 336 g/mol. The van der Waals surface area contributed by atoms with Crippen LogP contribution in [0.25, 0.3) is 0 Å². The van der Waals surface area contributed by atoms with Crippen molar-refractivity contribution in [3.63, 3.8) is 0 Å². The smallest absolute Gasteiger partial charge is 0.228 e. The number of carbonyl (C=O) groups is 1. The molecule has 1 fully saturated rings. The van der Waals surface area contributed by atoms with Gasteiger partial charge < -0.3 is 19.3 Å². The van der Waals surface area contributed by atoms with E-state index in [1.165, 1.54) is 0 Å². The van der Waals surface area contributed by atoms with Crippen molar-refractivity contribution >= 4 is 5.91 Å². The number of likely N-dealkylation sites (N-methyl/N-ethyl adjacent to an activating group) is 1. The first-order chi connectivity index (χ1) is 11.6. The summed E-state index contributed by atoms with van der Waals surface area (Å²) < 4.78 is 13.2. The van der Waals surface area contributed by atoms with E-state index in [1.54, 1.807) is 0 Å². The van der Waals surface area contributed by atoms with Crippen LogP contribution in [-0.4, -0.2) is 79.1 Å². The van der Waals surface area contributed by atoms with Gasteiger partial charge in [0.25, 0.3) is 0 Å². The minimum atomic E-state index is 0.00906. The van der Waals surface area contributed by atoms with Crippen molar-refractivity contribution < 1.29 is 14.3 Å². The number of amides is 1. The molecule has 2 aliphatic heterocycles. The summed E-state index contributed by atoms with van der Waals surface area (Å²) in [5.74, 6) is 0.481. The van der Waals surface area contributed by atoms with E-state index in [0.29, 0.717) is 33.0 Å². The fraction of sp³-hybridized carbons (Fsp3) is 0.765. The molecular weight excluding hydrogens is 308 g/mol. The first kappa shape index (κ1) is 17.4. The molecule has 7 heteroatoms. The van der Waals surface area contributed by atoms with Crippen LogP contribution >= 0.6 is 0 Å². The van der Waals surface area contributed by atoms with E-state index in [-0.39, 0.29) is 17.7 Å². The molecule has 1 aromatic rings. The summed E-state index contributed by atoms with van der Waals surface area (Å²) in [5, 5.41) is 4.40. The van der Waals surface area contributed by atoms with Crippen molar-refractivity contribution in [2.24, 2.45) is 11.8 Å². The van der Waals surface area contributed by atoms with E-state index in [1.807, 2.05) is 35.9 Å². The number of nitrogens with zero attached hydrogens (tertiary/aromatic N) is 4. The average molecular weight is 336 g/mol. The summed E-state index contributed by atoms with van der Waals surface area (Å²) in [5.41, 5.74) is 1.10. The summed E-state index contributed by atoms with van der Waals surface area (Å²) >= 11 is 0. The van der Waals surface area contributed by atoms with Crippen molar-refractivity contribution in [2.45, 2.75) is 19.5 Å². The van der Waals surface area contributed by atoms with Gasteiger partial charge >= 0.3 is 0 Å². The highest BCUT2D eigenvalue weighted by atomic mass is 16.5.